The molecule has 6 rings (SSSR count). The van der Waals surface area contributed by atoms with Gasteiger partial charge in [0, 0.05) is 62.0 Å². The van der Waals surface area contributed by atoms with Crippen molar-refractivity contribution in [3.63, 3.8) is 0 Å². The Morgan fingerprint density at radius 2 is 1.79 bits per heavy atom. The summed E-state index contributed by atoms with van der Waals surface area (Å²) >= 11 is 0. The molecule has 2 aliphatic heterocycles. The van der Waals surface area contributed by atoms with Crippen molar-refractivity contribution in [1.82, 2.24) is 14.5 Å². The van der Waals surface area contributed by atoms with Gasteiger partial charge in [-0.25, -0.2) is 9.37 Å². The van der Waals surface area contributed by atoms with Crippen molar-refractivity contribution >= 4 is 17.5 Å². The van der Waals surface area contributed by atoms with Gasteiger partial charge in [-0.2, -0.15) is 5.26 Å². The number of carbonyl (C=O) groups is 1. The average Bonchev–Trinajstić information content (AvgIpc) is 3.71. The van der Waals surface area contributed by atoms with E-state index in [9.17, 15) is 9.18 Å². The molecule has 3 aliphatic rings. The van der Waals surface area contributed by atoms with Crippen LogP contribution < -0.4 is 10.2 Å². The first-order valence-corrected chi connectivity index (χ1v) is 16.0. The summed E-state index contributed by atoms with van der Waals surface area (Å²) in [5.74, 6) is 1.86. The van der Waals surface area contributed by atoms with E-state index in [4.69, 9.17) is 5.26 Å². The summed E-state index contributed by atoms with van der Waals surface area (Å²) in [5.41, 5.74) is 2.75. The molecule has 2 saturated heterocycles. The van der Waals surface area contributed by atoms with Crippen LogP contribution in [0.1, 0.15) is 63.0 Å². The molecule has 1 saturated carbocycles. The molecule has 2 aromatic carbocycles. The summed E-state index contributed by atoms with van der Waals surface area (Å²) in [4.78, 5) is 21.8. The highest BCUT2D eigenvalue weighted by molar-refractivity contribution is 5.88. The van der Waals surface area contributed by atoms with Crippen molar-refractivity contribution in [1.29, 1.82) is 5.26 Å². The third-order valence-electron chi connectivity index (χ3n) is 10.3. The SMILES string of the molecule is CCC(=O)Nc1nccn1C[C@](c1cccc(F)c1)(C1CCCC1)C1CCN(CC2CN(c3ccc(C#N)cc3)C2)CC1. The number of hydrogen-bond acceptors (Lipinski definition) is 5. The van der Waals surface area contributed by atoms with E-state index >= 15 is 0 Å². The summed E-state index contributed by atoms with van der Waals surface area (Å²) in [5, 5.41) is 12.1. The second-order valence-corrected chi connectivity index (χ2v) is 12.8. The largest absolute Gasteiger partial charge is 0.371 e. The second-order valence-electron chi connectivity index (χ2n) is 12.8. The molecule has 226 valence electrons. The molecule has 1 N–H and O–H groups in total. The summed E-state index contributed by atoms with van der Waals surface area (Å²) in [6.07, 6.45) is 11.0. The Labute approximate surface area is 254 Å². The number of carbonyl (C=O) groups excluding carboxylic acids is 1. The number of amides is 1. The first-order chi connectivity index (χ1) is 21.0. The van der Waals surface area contributed by atoms with Crippen LogP contribution >= 0.6 is 0 Å². The molecule has 1 aliphatic carbocycles. The number of nitriles is 1. The number of nitrogens with one attached hydrogen (secondary N) is 1. The number of likely N-dealkylation sites (tertiary alicyclic amines) is 1. The summed E-state index contributed by atoms with van der Waals surface area (Å²) in [6, 6.07) is 17.4. The maximum Gasteiger partial charge on any atom is 0.226 e. The third-order valence-corrected chi connectivity index (χ3v) is 10.3. The van der Waals surface area contributed by atoms with Gasteiger partial charge in [0.2, 0.25) is 11.9 Å². The van der Waals surface area contributed by atoms with Crippen LogP contribution in [0, 0.1) is 34.9 Å². The van der Waals surface area contributed by atoms with E-state index in [0.717, 1.165) is 64.0 Å². The van der Waals surface area contributed by atoms with Gasteiger partial charge in [0.05, 0.1) is 11.6 Å². The Bertz CT molecular complexity index is 1430. The number of anilines is 2. The van der Waals surface area contributed by atoms with Crippen molar-refractivity contribution in [2.75, 3.05) is 42.9 Å². The van der Waals surface area contributed by atoms with Crippen LogP contribution in [0.4, 0.5) is 16.0 Å². The lowest BCUT2D eigenvalue weighted by Crippen LogP contribution is -2.54. The van der Waals surface area contributed by atoms with Crippen LogP contribution in [0.3, 0.4) is 0 Å². The van der Waals surface area contributed by atoms with E-state index in [0.29, 0.717) is 42.2 Å². The maximum absolute atomic E-state index is 14.9. The number of rotatable bonds is 10. The monoisotopic (exact) mass is 582 g/mol. The van der Waals surface area contributed by atoms with Gasteiger partial charge in [0.1, 0.15) is 5.82 Å². The van der Waals surface area contributed by atoms with Crippen molar-refractivity contribution in [2.24, 2.45) is 17.8 Å². The topological polar surface area (TPSA) is 77.2 Å². The number of halogens is 1. The van der Waals surface area contributed by atoms with Crippen LogP contribution in [0.25, 0.3) is 0 Å². The van der Waals surface area contributed by atoms with Gasteiger partial charge in [0.15, 0.2) is 0 Å². The fourth-order valence-electron chi connectivity index (χ4n) is 8.07. The molecule has 0 spiro atoms. The van der Waals surface area contributed by atoms with Crippen molar-refractivity contribution in [2.45, 2.75) is 63.8 Å². The van der Waals surface area contributed by atoms with Crippen LogP contribution in [-0.2, 0) is 16.8 Å². The summed E-state index contributed by atoms with van der Waals surface area (Å²) < 4.78 is 17.0. The number of piperidine rings is 1. The van der Waals surface area contributed by atoms with Gasteiger partial charge in [-0.05, 0) is 92.6 Å². The van der Waals surface area contributed by atoms with Gasteiger partial charge in [0.25, 0.3) is 0 Å². The van der Waals surface area contributed by atoms with Gasteiger partial charge < -0.3 is 14.4 Å². The summed E-state index contributed by atoms with van der Waals surface area (Å²) in [7, 11) is 0. The molecule has 3 heterocycles. The molecule has 1 amide bonds. The number of aromatic nitrogens is 2. The lowest BCUT2D eigenvalue weighted by Gasteiger charge is -2.50. The van der Waals surface area contributed by atoms with E-state index in [1.807, 2.05) is 31.3 Å². The number of imidazole rings is 1. The minimum absolute atomic E-state index is 0.0493. The predicted octanol–water partition coefficient (Wildman–Crippen LogP) is 6.22. The minimum Gasteiger partial charge on any atom is -0.371 e. The molecule has 1 atom stereocenters. The molecule has 3 fully saturated rings. The number of nitrogens with zero attached hydrogens (tertiary/aromatic N) is 5. The molecule has 7 nitrogen and oxygen atoms in total. The first kappa shape index (κ1) is 29.4. The van der Waals surface area contributed by atoms with E-state index < -0.39 is 0 Å². The molecular weight excluding hydrogens is 539 g/mol. The predicted molar refractivity (Wildman–Crippen MR) is 167 cm³/mol. The second kappa shape index (κ2) is 12.9. The zero-order valence-corrected chi connectivity index (χ0v) is 25.2. The smallest absolute Gasteiger partial charge is 0.226 e. The minimum atomic E-state index is -0.236. The summed E-state index contributed by atoms with van der Waals surface area (Å²) in [6.45, 7) is 7.83. The Hall–Kier alpha value is -3.70. The van der Waals surface area contributed by atoms with Crippen LogP contribution in [-0.4, -0.2) is 53.1 Å². The van der Waals surface area contributed by atoms with E-state index in [-0.39, 0.29) is 17.1 Å². The molecule has 0 radical (unpaired) electrons. The van der Waals surface area contributed by atoms with Crippen molar-refractivity contribution in [3.05, 3.63) is 77.9 Å². The first-order valence-electron chi connectivity index (χ1n) is 16.0. The Morgan fingerprint density at radius 3 is 2.47 bits per heavy atom. The van der Waals surface area contributed by atoms with E-state index in [1.165, 1.54) is 18.5 Å². The Balaban J connectivity index is 1.19. The lowest BCUT2D eigenvalue weighted by molar-refractivity contribution is -0.116. The fourth-order valence-corrected chi connectivity index (χ4v) is 8.07. The standard InChI is InChI=1S/C35H43FN6O/c1-2-33(43)39-34-38-16-19-41(34)25-35(28-6-3-4-7-28,30-8-5-9-31(36)20-30)29-14-17-40(18-15-29)22-27-23-42(24-27)32-12-10-26(21-37)11-13-32/h5,8-13,16,19-20,27-29H,2-4,6-7,14-15,17-18,22-25H2,1H3,(H,38,39,43)/t35-/m0/s1. The fraction of sp³-hybridized carbons (Fsp3) is 0.514. The lowest BCUT2D eigenvalue weighted by atomic mass is 9.59. The van der Waals surface area contributed by atoms with Crippen LogP contribution in [0.5, 0.6) is 0 Å². The van der Waals surface area contributed by atoms with E-state index in [2.05, 4.69) is 48.9 Å². The van der Waals surface area contributed by atoms with Gasteiger partial charge in [-0.3, -0.25) is 10.1 Å². The van der Waals surface area contributed by atoms with E-state index in [1.54, 1.807) is 18.3 Å². The van der Waals surface area contributed by atoms with Gasteiger partial charge >= 0.3 is 0 Å². The molecular formula is C35H43FN6O. The highest BCUT2D eigenvalue weighted by Crippen LogP contribution is 2.52. The number of benzene rings is 2. The van der Waals surface area contributed by atoms with Gasteiger partial charge in [-0.15, -0.1) is 0 Å². The quantitative estimate of drug-likeness (QED) is 0.307. The Kier molecular flexibility index (Phi) is 8.80. The zero-order chi connectivity index (χ0) is 29.8. The average molecular weight is 583 g/mol. The van der Waals surface area contributed by atoms with Crippen molar-refractivity contribution in [3.8, 4) is 6.07 Å². The normalized spacial score (nSPS) is 20.0. The highest BCUT2D eigenvalue weighted by atomic mass is 19.1. The molecule has 1 aromatic heterocycles. The molecule has 3 aromatic rings. The highest BCUT2D eigenvalue weighted by Gasteiger charge is 2.49. The van der Waals surface area contributed by atoms with Crippen molar-refractivity contribution < 1.29 is 9.18 Å². The number of hydrogen-bond donors (Lipinski definition) is 1. The molecule has 0 bridgehead atoms. The molecule has 0 unspecified atom stereocenters. The Morgan fingerprint density at radius 1 is 1.07 bits per heavy atom. The zero-order valence-electron chi connectivity index (χ0n) is 25.2. The van der Waals surface area contributed by atoms with Crippen LogP contribution in [0.2, 0.25) is 0 Å². The van der Waals surface area contributed by atoms with Crippen LogP contribution in [0.15, 0.2) is 60.9 Å². The maximum atomic E-state index is 14.9. The van der Waals surface area contributed by atoms with Gasteiger partial charge in [-0.1, -0.05) is 31.9 Å². The molecule has 43 heavy (non-hydrogen) atoms. The third kappa shape index (κ3) is 6.19. The molecule has 8 heteroatoms.